The van der Waals surface area contributed by atoms with Crippen molar-refractivity contribution in [3.05, 3.63) is 52.8 Å². The van der Waals surface area contributed by atoms with Gasteiger partial charge < -0.3 is 19.9 Å². The molecule has 1 aromatic heterocycles. The van der Waals surface area contributed by atoms with E-state index in [1.165, 1.54) is 0 Å². The third-order valence-corrected chi connectivity index (χ3v) is 5.53. The molecular weight excluding hydrogens is 388 g/mol. The molecular formula is C20H20N6O4. The first-order valence-electron chi connectivity index (χ1n) is 9.47. The summed E-state index contributed by atoms with van der Waals surface area (Å²) in [6.45, 7) is 0.934. The molecule has 0 aliphatic carbocycles. The summed E-state index contributed by atoms with van der Waals surface area (Å²) in [6.07, 6.45) is 0.814. The van der Waals surface area contributed by atoms with Gasteiger partial charge in [0.1, 0.15) is 6.04 Å². The first kappa shape index (κ1) is 18.4. The second-order valence-electron chi connectivity index (χ2n) is 7.18. The molecule has 2 aliphatic heterocycles. The molecule has 0 radical (unpaired) electrons. The van der Waals surface area contributed by atoms with Gasteiger partial charge in [0.25, 0.3) is 5.91 Å². The molecule has 1 amide bonds. The van der Waals surface area contributed by atoms with Crippen molar-refractivity contribution in [3.8, 4) is 22.9 Å². The first-order chi connectivity index (χ1) is 14.6. The Bertz CT molecular complexity index is 1140. The zero-order valence-corrected chi connectivity index (χ0v) is 16.5. The average molecular weight is 408 g/mol. The van der Waals surface area contributed by atoms with Crippen LogP contribution < -0.4 is 19.9 Å². The van der Waals surface area contributed by atoms with Crippen molar-refractivity contribution in [2.45, 2.75) is 12.5 Å². The standard InChI is InChI=1S/C20H20N6O4/c1-25-8-7-11-9-14-17(30-10-29-14)18(28-2)15(11)16(25)20-22-23-24-26(20)13-6-4-3-5-12(13)19(21)27/h3-6,9,16H,7-8,10H2,1-2H3,(H2,21,27)/t16-/m0/s1. The zero-order chi connectivity index (χ0) is 20.8. The largest absolute Gasteiger partial charge is 0.492 e. The maximum atomic E-state index is 12.0. The number of hydrogen-bond donors (Lipinski definition) is 1. The number of fused-ring (bicyclic) bond motifs is 2. The van der Waals surface area contributed by atoms with Crippen LogP contribution in [0.5, 0.6) is 17.2 Å². The number of hydrogen-bond acceptors (Lipinski definition) is 8. The van der Waals surface area contributed by atoms with Crippen molar-refractivity contribution < 1.29 is 19.0 Å². The number of tetrazole rings is 1. The average Bonchev–Trinajstić information content (AvgIpc) is 3.41. The lowest BCUT2D eigenvalue weighted by Gasteiger charge is -2.34. The van der Waals surface area contributed by atoms with Crippen LogP contribution in [0.1, 0.15) is 33.4 Å². The number of amides is 1. The molecule has 1 atom stereocenters. The van der Waals surface area contributed by atoms with Crippen molar-refractivity contribution >= 4 is 5.91 Å². The lowest BCUT2D eigenvalue weighted by atomic mass is 9.90. The molecule has 5 rings (SSSR count). The van der Waals surface area contributed by atoms with Crippen LogP contribution in [-0.4, -0.2) is 58.5 Å². The van der Waals surface area contributed by atoms with E-state index in [2.05, 4.69) is 20.4 Å². The van der Waals surface area contributed by atoms with Gasteiger partial charge >= 0.3 is 0 Å². The number of nitrogens with zero attached hydrogens (tertiary/aromatic N) is 5. The number of aromatic nitrogens is 4. The third-order valence-electron chi connectivity index (χ3n) is 5.53. The summed E-state index contributed by atoms with van der Waals surface area (Å²) in [5.41, 5.74) is 8.43. The number of benzene rings is 2. The number of ether oxygens (including phenoxy) is 3. The fraction of sp³-hybridized carbons (Fsp3) is 0.300. The Labute approximate surface area is 172 Å². The Morgan fingerprint density at radius 2 is 2.13 bits per heavy atom. The normalized spacial score (nSPS) is 17.6. The summed E-state index contributed by atoms with van der Waals surface area (Å²) < 4.78 is 18.6. The quantitative estimate of drug-likeness (QED) is 0.681. The number of methoxy groups -OCH3 is 1. The molecule has 0 spiro atoms. The zero-order valence-electron chi connectivity index (χ0n) is 16.5. The third kappa shape index (κ3) is 2.68. The number of likely N-dealkylation sites (N-methyl/N-ethyl adjacent to an activating group) is 1. The van der Waals surface area contributed by atoms with E-state index in [1.54, 1.807) is 30.0 Å². The minimum atomic E-state index is -0.551. The van der Waals surface area contributed by atoms with Gasteiger partial charge in [0.2, 0.25) is 12.5 Å². The lowest BCUT2D eigenvalue weighted by Crippen LogP contribution is -2.35. The van der Waals surface area contributed by atoms with Crippen LogP contribution in [0.4, 0.5) is 0 Å². The molecule has 0 fully saturated rings. The van der Waals surface area contributed by atoms with Gasteiger partial charge in [-0.2, -0.15) is 4.68 Å². The molecule has 3 aromatic rings. The van der Waals surface area contributed by atoms with Gasteiger partial charge in [-0.05, 0) is 47.7 Å². The minimum absolute atomic E-state index is 0.152. The van der Waals surface area contributed by atoms with Crippen molar-refractivity contribution in [2.24, 2.45) is 5.73 Å². The van der Waals surface area contributed by atoms with Crippen LogP contribution in [0.25, 0.3) is 5.69 Å². The summed E-state index contributed by atoms with van der Waals surface area (Å²) in [5.74, 6) is 1.85. The predicted octanol–water partition coefficient (Wildman–Crippen LogP) is 1.08. The highest BCUT2D eigenvalue weighted by molar-refractivity contribution is 5.96. The van der Waals surface area contributed by atoms with E-state index >= 15 is 0 Å². The summed E-state index contributed by atoms with van der Waals surface area (Å²) in [7, 11) is 3.60. The molecule has 0 saturated heterocycles. The number of nitrogens with two attached hydrogens (primary N) is 1. The molecule has 0 bridgehead atoms. The number of rotatable bonds is 4. The number of para-hydroxylation sites is 1. The molecule has 154 valence electrons. The summed E-state index contributed by atoms with van der Waals surface area (Å²) >= 11 is 0. The highest BCUT2D eigenvalue weighted by Gasteiger charge is 2.38. The van der Waals surface area contributed by atoms with E-state index in [4.69, 9.17) is 19.9 Å². The molecule has 2 N–H and O–H groups in total. The maximum absolute atomic E-state index is 12.0. The monoisotopic (exact) mass is 408 g/mol. The highest BCUT2D eigenvalue weighted by atomic mass is 16.7. The second-order valence-corrected chi connectivity index (χ2v) is 7.18. The Morgan fingerprint density at radius 1 is 1.30 bits per heavy atom. The Hall–Kier alpha value is -3.66. The second kappa shape index (κ2) is 6.99. The van der Waals surface area contributed by atoms with Gasteiger partial charge in [0, 0.05) is 12.1 Å². The molecule has 2 aromatic carbocycles. The molecule has 0 unspecified atom stereocenters. The van der Waals surface area contributed by atoms with E-state index in [0.29, 0.717) is 34.3 Å². The smallest absolute Gasteiger partial charge is 0.250 e. The van der Waals surface area contributed by atoms with Crippen molar-refractivity contribution in [3.63, 3.8) is 0 Å². The van der Waals surface area contributed by atoms with Gasteiger partial charge in [-0.15, -0.1) is 5.10 Å². The first-order valence-corrected chi connectivity index (χ1v) is 9.47. The fourth-order valence-corrected chi connectivity index (χ4v) is 4.16. The van der Waals surface area contributed by atoms with E-state index in [-0.39, 0.29) is 12.8 Å². The summed E-state index contributed by atoms with van der Waals surface area (Å²) in [5, 5.41) is 12.4. The number of primary amides is 1. The molecule has 0 saturated carbocycles. The number of carbonyl (C=O) groups is 1. The fourth-order valence-electron chi connectivity index (χ4n) is 4.16. The van der Waals surface area contributed by atoms with E-state index in [1.807, 2.05) is 19.2 Å². The molecule has 30 heavy (non-hydrogen) atoms. The Kier molecular flexibility index (Phi) is 4.28. The van der Waals surface area contributed by atoms with E-state index in [9.17, 15) is 4.79 Å². The van der Waals surface area contributed by atoms with Crippen molar-refractivity contribution in [1.82, 2.24) is 25.1 Å². The van der Waals surface area contributed by atoms with Gasteiger partial charge in [-0.25, -0.2) is 0 Å². The van der Waals surface area contributed by atoms with Crippen LogP contribution in [0, 0.1) is 0 Å². The molecule has 3 heterocycles. The lowest BCUT2D eigenvalue weighted by molar-refractivity contribution is 0.1000. The highest BCUT2D eigenvalue weighted by Crippen LogP contribution is 2.50. The molecule has 10 nitrogen and oxygen atoms in total. The Morgan fingerprint density at radius 3 is 2.93 bits per heavy atom. The van der Waals surface area contributed by atoms with Gasteiger partial charge in [0.05, 0.1) is 18.4 Å². The van der Waals surface area contributed by atoms with Crippen molar-refractivity contribution in [2.75, 3.05) is 27.5 Å². The van der Waals surface area contributed by atoms with Crippen LogP contribution in [0.15, 0.2) is 30.3 Å². The van der Waals surface area contributed by atoms with E-state index in [0.717, 1.165) is 24.1 Å². The van der Waals surface area contributed by atoms with Gasteiger partial charge in [0.15, 0.2) is 17.3 Å². The number of carbonyl (C=O) groups excluding carboxylic acids is 1. The molecule has 10 heteroatoms. The van der Waals surface area contributed by atoms with E-state index < -0.39 is 5.91 Å². The Balaban J connectivity index is 1.72. The summed E-state index contributed by atoms with van der Waals surface area (Å²) in [6, 6.07) is 8.64. The van der Waals surface area contributed by atoms with Crippen LogP contribution in [-0.2, 0) is 6.42 Å². The van der Waals surface area contributed by atoms with Crippen LogP contribution in [0.2, 0.25) is 0 Å². The van der Waals surface area contributed by atoms with Crippen molar-refractivity contribution in [1.29, 1.82) is 0 Å². The molecule has 2 aliphatic rings. The summed E-state index contributed by atoms with van der Waals surface area (Å²) in [4.78, 5) is 14.1. The topological polar surface area (TPSA) is 118 Å². The minimum Gasteiger partial charge on any atom is -0.492 e. The maximum Gasteiger partial charge on any atom is 0.250 e. The van der Waals surface area contributed by atoms with Gasteiger partial charge in [-0.1, -0.05) is 12.1 Å². The van der Waals surface area contributed by atoms with Crippen LogP contribution >= 0.6 is 0 Å². The SMILES string of the molecule is COc1c2c(cc3c1[C@@H](c1nnnn1-c1ccccc1C(N)=O)N(C)CC3)OCO2. The van der Waals surface area contributed by atoms with Crippen LogP contribution in [0.3, 0.4) is 0 Å². The van der Waals surface area contributed by atoms with Gasteiger partial charge in [-0.3, -0.25) is 9.69 Å². The predicted molar refractivity (Wildman–Crippen MR) is 105 cm³/mol.